The zero-order valence-electron chi connectivity index (χ0n) is 13.6. The average Bonchev–Trinajstić information content (AvgIpc) is 3.14. The smallest absolute Gasteiger partial charge is 0.273 e. The van der Waals surface area contributed by atoms with E-state index in [0.29, 0.717) is 29.7 Å². The van der Waals surface area contributed by atoms with Crippen LogP contribution in [0.4, 0.5) is 11.6 Å². The van der Waals surface area contributed by atoms with Crippen molar-refractivity contribution in [3.63, 3.8) is 0 Å². The normalized spacial score (nSPS) is 17.1. The van der Waals surface area contributed by atoms with E-state index in [1.165, 1.54) is 17.8 Å². The number of hydrogen-bond acceptors (Lipinski definition) is 6. The Morgan fingerprint density at radius 1 is 1.38 bits per heavy atom. The lowest BCUT2D eigenvalue weighted by Gasteiger charge is -2.22. The van der Waals surface area contributed by atoms with Crippen molar-refractivity contribution in [2.75, 3.05) is 17.6 Å². The highest BCUT2D eigenvalue weighted by Gasteiger charge is 2.34. The van der Waals surface area contributed by atoms with Crippen molar-refractivity contribution in [1.82, 2.24) is 24.6 Å². The van der Waals surface area contributed by atoms with Gasteiger partial charge in [-0.15, -0.1) is 0 Å². The highest BCUT2D eigenvalue weighted by molar-refractivity contribution is 5.93. The van der Waals surface area contributed by atoms with Crippen LogP contribution in [-0.2, 0) is 11.8 Å². The molecule has 1 aliphatic heterocycles. The Bertz CT molecular complexity index is 749. The van der Waals surface area contributed by atoms with Crippen LogP contribution in [0.5, 0.6) is 0 Å². The van der Waals surface area contributed by atoms with E-state index in [9.17, 15) is 9.59 Å². The molecule has 1 saturated heterocycles. The number of carbonyl (C=O) groups is 2. The number of nitrogens with one attached hydrogen (secondary N) is 1. The summed E-state index contributed by atoms with van der Waals surface area (Å²) in [6, 6.07) is 3.06. The van der Waals surface area contributed by atoms with E-state index in [0.717, 1.165) is 12.8 Å². The van der Waals surface area contributed by atoms with Gasteiger partial charge in [-0.05, 0) is 25.0 Å². The fourth-order valence-electron chi connectivity index (χ4n) is 2.78. The zero-order chi connectivity index (χ0) is 17.3. The SMILES string of the molecule is CC(=O)Nc1ccc(C(=O)N2CCCC2c2nc(N)n(C)n2)nc1. The number of rotatable bonds is 3. The second kappa shape index (κ2) is 6.26. The van der Waals surface area contributed by atoms with Crippen LogP contribution in [-0.4, -0.2) is 43.0 Å². The predicted molar refractivity (Wildman–Crippen MR) is 87.0 cm³/mol. The second-order valence-electron chi connectivity index (χ2n) is 5.72. The van der Waals surface area contributed by atoms with Crippen LogP contribution < -0.4 is 11.1 Å². The molecule has 1 unspecified atom stereocenters. The van der Waals surface area contributed by atoms with Gasteiger partial charge < -0.3 is 16.0 Å². The maximum atomic E-state index is 12.7. The first-order valence-corrected chi connectivity index (χ1v) is 7.66. The molecule has 2 aromatic heterocycles. The maximum absolute atomic E-state index is 12.7. The Morgan fingerprint density at radius 3 is 2.75 bits per heavy atom. The third kappa shape index (κ3) is 3.05. The minimum Gasteiger partial charge on any atom is -0.368 e. The molecule has 0 saturated carbocycles. The molecule has 3 rings (SSSR count). The van der Waals surface area contributed by atoms with Gasteiger partial charge in [0.2, 0.25) is 11.9 Å². The van der Waals surface area contributed by atoms with Crippen molar-refractivity contribution in [2.24, 2.45) is 7.05 Å². The number of anilines is 2. The highest BCUT2D eigenvalue weighted by atomic mass is 16.2. The van der Waals surface area contributed by atoms with E-state index in [1.54, 1.807) is 24.1 Å². The number of aromatic nitrogens is 4. The summed E-state index contributed by atoms with van der Waals surface area (Å²) in [5.41, 5.74) is 6.61. The Kier molecular flexibility index (Phi) is 4.15. The van der Waals surface area contributed by atoms with E-state index in [1.807, 2.05) is 0 Å². The van der Waals surface area contributed by atoms with E-state index in [4.69, 9.17) is 5.73 Å². The van der Waals surface area contributed by atoms with Crippen LogP contribution in [0.3, 0.4) is 0 Å². The van der Waals surface area contributed by atoms with Crippen LogP contribution in [0.1, 0.15) is 42.1 Å². The van der Waals surface area contributed by atoms with Gasteiger partial charge in [-0.2, -0.15) is 10.1 Å². The standard InChI is InChI=1S/C15H19N7O2/c1-9(23)18-10-5-6-11(17-8-10)14(24)22-7-3-4-12(22)13-19-15(16)21(2)20-13/h5-6,8,12H,3-4,7H2,1-2H3,(H,18,23)(H2,16,19,20). The van der Waals surface area contributed by atoms with Crippen molar-refractivity contribution in [3.8, 4) is 0 Å². The Balaban J connectivity index is 1.79. The first-order chi connectivity index (χ1) is 11.5. The van der Waals surface area contributed by atoms with Gasteiger partial charge >= 0.3 is 0 Å². The highest BCUT2D eigenvalue weighted by Crippen LogP contribution is 2.31. The van der Waals surface area contributed by atoms with Gasteiger partial charge in [0.1, 0.15) is 5.69 Å². The Labute approximate surface area is 138 Å². The van der Waals surface area contributed by atoms with Gasteiger partial charge in [0.05, 0.1) is 17.9 Å². The summed E-state index contributed by atoms with van der Waals surface area (Å²) in [6.45, 7) is 2.04. The molecule has 0 radical (unpaired) electrons. The molecule has 2 amide bonds. The molecule has 3 heterocycles. The van der Waals surface area contributed by atoms with E-state index in [-0.39, 0.29) is 17.9 Å². The third-order valence-corrected chi connectivity index (χ3v) is 3.93. The zero-order valence-corrected chi connectivity index (χ0v) is 13.6. The molecule has 3 N–H and O–H groups in total. The minimum absolute atomic E-state index is 0.183. The molecule has 2 aromatic rings. The van der Waals surface area contributed by atoms with E-state index < -0.39 is 0 Å². The van der Waals surface area contributed by atoms with E-state index >= 15 is 0 Å². The summed E-state index contributed by atoms with van der Waals surface area (Å²) in [4.78, 5) is 33.9. The number of carbonyl (C=O) groups excluding carboxylic acids is 2. The van der Waals surface area contributed by atoms with Crippen LogP contribution >= 0.6 is 0 Å². The van der Waals surface area contributed by atoms with Crippen LogP contribution in [0.15, 0.2) is 18.3 Å². The van der Waals surface area contributed by atoms with Gasteiger partial charge in [0, 0.05) is 20.5 Å². The molecule has 24 heavy (non-hydrogen) atoms. The summed E-state index contributed by atoms with van der Waals surface area (Å²) >= 11 is 0. The number of pyridine rings is 1. The van der Waals surface area contributed by atoms with Gasteiger partial charge in [0.25, 0.3) is 5.91 Å². The largest absolute Gasteiger partial charge is 0.368 e. The second-order valence-corrected chi connectivity index (χ2v) is 5.72. The third-order valence-electron chi connectivity index (χ3n) is 3.93. The fourth-order valence-corrected chi connectivity index (χ4v) is 2.78. The van der Waals surface area contributed by atoms with Crippen molar-refractivity contribution in [3.05, 3.63) is 29.8 Å². The molecule has 0 bridgehead atoms. The van der Waals surface area contributed by atoms with Crippen LogP contribution in [0, 0.1) is 0 Å². The van der Waals surface area contributed by atoms with Crippen molar-refractivity contribution in [2.45, 2.75) is 25.8 Å². The van der Waals surface area contributed by atoms with Crippen LogP contribution in [0.25, 0.3) is 0 Å². The summed E-state index contributed by atoms with van der Waals surface area (Å²) in [6.07, 6.45) is 3.13. The summed E-state index contributed by atoms with van der Waals surface area (Å²) < 4.78 is 1.50. The minimum atomic E-state index is -0.196. The molecule has 9 heteroatoms. The predicted octanol–water partition coefficient (Wildman–Crippen LogP) is 0.728. The molecular formula is C15H19N7O2. The molecule has 1 aliphatic rings. The van der Waals surface area contributed by atoms with Gasteiger partial charge in [0.15, 0.2) is 5.82 Å². The number of nitrogen functional groups attached to an aromatic ring is 1. The quantitative estimate of drug-likeness (QED) is 0.856. The first kappa shape index (κ1) is 15.9. The van der Waals surface area contributed by atoms with Crippen molar-refractivity contribution < 1.29 is 9.59 Å². The van der Waals surface area contributed by atoms with Crippen molar-refractivity contribution in [1.29, 1.82) is 0 Å². The lowest BCUT2D eigenvalue weighted by Crippen LogP contribution is -2.31. The maximum Gasteiger partial charge on any atom is 0.273 e. The van der Waals surface area contributed by atoms with Gasteiger partial charge in [-0.25, -0.2) is 9.67 Å². The fraction of sp³-hybridized carbons (Fsp3) is 0.400. The Hall–Kier alpha value is -2.97. The molecular weight excluding hydrogens is 310 g/mol. The topological polar surface area (TPSA) is 119 Å². The lowest BCUT2D eigenvalue weighted by molar-refractivity contribution is -0.114. The van der Waals surface area contributed by atoms with Gasteiger partial charge in [-0.1, -0.05) is 0 Å². The van der Waals surface area contributed by atoms with E-state index in [2.05, 4.69) is 20.4 Å². The number of aryl methyl sites for hydroxylation is 1. The molecule has 0 spiro atoms. The number of amides is 2. The average molecular weight is 329 g/mol. The summed E-state index contributed by atoms with van der Waals surface area (Å²) in [7, 11) is 1.72. The number of likely N-dealkylation sites (tertiary alicyclic amines) is 1. The molecule has 0 aliphatic carbocycles. The van der Waals surface area contributed by atoms with Gasteiger partial charge in [-0.3, -0.25) is 9.59 Å². The number of nitrogens with zero attached hydrogens (tertiary/aromatic N) is 5. The number of hydrogen-bond donors (Lipinski definition) is 2. The molecule has 126 valence electrons. The molecule has 9 nitrogen and oxygen atoms in total. The Morgan fingerprint density at radius 2 is 2.17 bits per heavy atom. The summed E-state index contributed by atoms with van der Waals surface area (Å²) in [5.74, 6) is 0.505. The lowest BCUT2D eigenvalue weighted by atomic mass is 10.2. The first-order valence-electron chi connectivity index (χ1n) is 7.66. The monoisotopic (exact) mass is 329 g/mol. The van der Waals surface area contributed by atoms with Crippen molar-refractivity contribution >= 4 is 23.5 Å². The molecule has 1 fully saturated rings. The van der Waals surface area contributed by atoms with Crippen LogP contribution in [0.2, 0.25) is 0 Å². The molecule has 0 aromatic carbocycles. The molecule has 1 atom stereocenters. The number of nitrogens with two attached hydrogens (primary N) is 1. The summed E-state index contributed by atoms with van der Waals surface area (Å²) in [5, 5.41) is 6.91.